The number of carbonyl (C=O) groups excluding carboxylic acids is 2. The molecule has 2 atom stereocenters. The summed E-state index contributed by atoms with van der Waals surface area (Å²) in [7, 11) is 0. The second kappa shape index (κ2) is 9.48. The third kappa shape index (κ3) is 5.66. The molecule has 6 rings (SSSR count). The summed E-state index contributed by atoms with van der Waals surface area (Å²) in [5.74, 6) is -5.43. The van der Waals surface area contributed by atoms with Crippen LogP contribution in [-0.2, 0) is 9.59 Å². The average molecular weight is 536 g/mol. The molecule has 4 fully saturated rings. The Morgan fingerprint density at radius 1 is 0.895 bits per heavy atom. The molecule has 4 aliphatic carbocycles. The van der Waals surface area contributed by atoms with Gasteiger partial charge in [-0.05, 0) is 62.3 Å². The molecule has 38 heavy (non-hydrogen) atoms. The maximum Gasteiger partial charge on any atom is 0.248 e. The Bertz CT molecular complexity index is 1210. The zero-order chi connectivity index (χ0) is 26.7. The first-order valence-electron chi connectivity index (χ1n) is 13.8. The highest BCUT2D eigenvalue weighted by atomic mass is 19.3. The molecule has 0 saturated heterocycles. The van der Waals surface area contributed by atoms with E-state index in [2.05, 4.69) is 10.6 Å². The summed E-state index contributed by atoms with van der Waals surface area (Å²) < 4.78 is 55.8. The van der Waals surface area contributed by atoms with Gasteiger partial charge in [0.25, 0.3) is 0 Å². The second-order valence-corrected chi connectivity index (χ2v) is 11.9. The number of carbonyl (C=O) groups is 2. The molecule has 4 saturated carbocycles. The highest BCUT2D eigenvalue weighted by Gasteiger charge is 2.46. The van der Waals surface area contributed by atoms with E-state index in [1.54, 1.807) is 16.8 Å². The summed E-state index contributed by atoms with van der Waals surface area (Å²) in [4.78, 5) is 34.7. The molecule has 7 nitrogen and oxygen atoms in total. The van der Waals surface area contributed by atoms with Gasteiger partial charge >= 0.3 is 0 Å². The second-order valence-electron chi connectivity index (χ2n) is 11.9. The minimum Gasteiger partial charge on any atom is -0.347 e. The van der Waals surface area contributed by atoms with E-state index in [0.29, 0.717) is 30.0 Å². The fourth-order valence-electron chi connectivity index (χ4n) is 5.96. The molecule has 206 valence electrons. The molecule has 11 heteroatoms. The Labute approximate surface area is 218 Å². The molecule has 2 heterocycles. The Kier molecular flexibility index (Phi) is 6.38. The van der Waals surface area contributed by atoms with Gasteiger partial charge in [-0.1, -0.05) is 0 Å². The van der Waals surface area contributed by atoms with Gasteiger partial charge in [0.05, 0.1) is 23.5 Å². The molecule has 4 aliphatic rings. The fraction of sp³-hybridized carbons (Fsp3) is 0.704. The maximum absolute atomic E-state index is 13.8. The molecule has 0 aromatic carbocycles. The molecule has 2 aromatic rings. The van der Waals surface area contributed by atoms with E-state index in [4.69, 9.17) is 9.97 Å². The molecule has 2 aromatic heterocycles. The predicted molar refractivity (Wildman–Crippen MR) is 129 cm³/mol. The van der Waals surface area contributed by atoms with Crippen LogP contribution in [0.3, 0.4) is 0 Å². The van der Waals surface area contributed by atoms with Crippen LogP contribution in [0.15, 0.2) is 18.5 Å². The number of rotatable bonds is 9. The van der Waals surface area contributed by atoms with Crippen LogP contribution >= 0.6 is 0 Å². The van der Waals surface area contributed by atoms with Crippen LogP contribution in [-0.4, -0.2) is 38.0 Å². The number of alkyl halides is 4. The van der Waals surface area contributed by atoms with Crippen molar-refractivity contribution in [1.82, 2.24) is 25.0 Å². The lowest BCUT2D eigenvalue weighted by Crippen LogP contribution is -2.39. The van der Waals surface area contributed by atoms with Crippen molar-refractivity contribution in [3.63, 3.8) is 0 Å². The van der Waals surface area contributed by atoms with E-state index in [9.17, 15) is 27.2 Å². The lowest BCUT2D eigenvalue weighted by molar-refractivity contribution is -0.134. The number of imidazole rings is 1. The summed E-state index contributed by atoms with van der Waals surface area (Å²) in [5.41, 5.74) is 1.25. The zero-order valence-electron chi connectivity index (χ0n) is 21.1. The SMILES string of the molecule is O=C(CC1CC(F)(F)C1)N[C@@H](c1ccn2cc([C@@H](NC(=O)C3CC3)C3CCC(F)(F)CC3)nc2n1)C1CC1. The van der Waals surface area contributed by atoms with E-state index in [0.717, 1.165) is 25.7 Å². The van der Waals surface area contributed by atoms with Gasteiger partial charge in [0, 0.05) is 50.4 Å². The number of nitrogens with one attached hydrogen (secondary N) is 2. The third-order valence-electron chi connectivity index (χ3n) is 8.54. The summed E-state index contributed by atoms with van der Waals surface area (Å²) in [5, 5.41) is 6.09. The summed E-state index contributed by atoms with van der Waals surface area (Å²) >= 11 is 0. The largest absolute Gasteiger partial charge is 0.347 e. The van der Waals surface area contributed by atoms with Gasteiger partial charge in [-0.2, -0.15) is 0 Å². The number of amides is 2. The summed E-state index contributed by atoms with van der Waals surface area (Å²) in [6, 6.07) is 1.03. The van der Waals surface area contributed by atoms with Crippen LogP contribution in [0.1, 0.15) is 94.1 Å². The number of hydrogen-bond donors (Lipinski definition) is 2. The molecular formula is C27H33F4N5O2. The normalized spacial score (nSPS) is 24.9. The van der Waals surface area contributed by atoms with E-state index >= 15 is 0 Å². The first-order valence-corrected chi connectivity index (χ1v) is 13.8. The standard InChI is InChI=1S/C27H33F4N5O2/c28-26(29)8-5-17(6-9-26)23(35-24(38)18-3-4-18)20-14-36-10-7-19(32-25(36)33-20)22(16-1-2-16)34-21(37)11-15-12-27(30,31)13-15/h7,10,14-18,22-23H,1-6,8-9,11-13H2,(H,34,37)(H,35,38)/t22-,23+/m1/s1. The van der Waals surface area contributed by atoms with Gasteiger partial charge in [0.15, 0.2) is 0 Å². The maximum atomic E-state index is 13.8. The van der Waals surface area contributed by atoms with Crippen molar-refractivity contribution in [2.24, 2.45) is 23.7 Å². The zero-order valence-corrected chi connectivity index (χ0v) is 21.1. The summed E-state index contributed by atoms with van der Waals surface area (Å²) in [6.07, 6.45) is 6.96. The monoisotopic (exact) mass is 535 g/mol. The van der Waals surface area contributed by atoms with Crippen molar-refractivity contribution < 1.29 is 27.2 Å². The minimum absolute atomic E-state index is 0.0154. The molecule has 0 spiro atoms. The van der Waals surface area contributed by atoms with Crippen molar-refractivity contribution in [2.45, 2.75) is 94.6 Å². The fourth-order valence-corrected chi connectivity index (χ4v) is 5.96. The smallest absolute Gasteiger partial charge is 0.248 e. The van der Waals surface area contributed by atoms with Crippen LogP contribution in [0.2, 0.25) is 0 Å². The van der Waals surface area contributed by atoms with E-state index in [-0.39, 0.29) is 73.6 Å². The molecule has 0 aliphatic heterocycles. The molecule has 0 bridgehead atoms. The lowest BCUT2D eigenvalue weighted by Gasteiger charge is -2.34. The number of aromatic nitrogens is 3. The molecule has 2 N–H and O–H groups in total. The van der Waals surface area contributed by atoms with Crippen molar-refractivity contribution >= 4 is 17.6 Å². The van der Waals surface area contributed by atoms with Crippen LogP contribution in [0, 0.1) is 23.7 Å². The lowest BCUT2D eigenvalue weighted by atomic mass is 9.79. The average Bonchev–Trinajstić information content (AvgIpc) is 3.76. The Balaban J connectivity index is 1.20. The molecule has 0 radical (unpaired) electrons. The van der Waals surface area contributed by atoms with Crippen molar-refractivity contribution in [1.29, 1.82) is 0 Å². The number of hydrogen-bond acceptors (Lipinski definition) is 4. The van der Waals surface area contributed by atoms with Gasteiger partial charge < -0.3 is 10.6 Å². The molecular weight excluding hydrogens is 502 g/mol. The number of nitrogens with zero attached hydrogens (tertiary/aromatic N) is 3. The first kappa shape index (κ1) is 25.6. The van der Waals surface area contributed by atoms with E-state index in [1.165, 1.54) is 0 Å². The van der Waals surface area contributed by atoms with Gasteiger partial charge in [0.2, 0.25) is 29.4 Å². The number of fused-ring (bicyclic) bond motifs is 1. The highest BCUT2D eigenvalue weighted by Crippen LogP contribution is 2.45. The van der Waals surface area contributed by atoms with Crippen molar-refractivity contribution in [3.8, 4) is 0 Å². The van der Waals surface area contributed by atoms with Crippen molar-refractivity contribution in [2.75, 3.05) is 0 Å². The Morgan fingerprint density at radius 3 is 2.16 bits per heavy atom. The first-order chi connectivity index (χ1) is 18.1. The minimum atomic E-state index is -2.67. The predicted octanol–water partition coefficient (Wildman–Crippen LogP) is 5.12. The van der Waals surface area contributed by atoms with Crippen LogP contribution in [0.25, 0.3) is 5.78 Å². The van der Waals surface area contributed by atoms with Crippen LogP contribution in [0.4, 0.5) is 17.6 Å². The van der Waals surface area contributed by atoms with Gasteiger partial charge in [-0.25, -0.2) is 27.5 Å². The van der Waals surface area contributed by atoms with Gasteiger partial charge in [-0.15, -0.1) is 0 Å². The Morgan fingerprint density at radius 2 is 1.53 bits per heavy atom. The Hall–Kier alpha value is -2.72. The number of halogens is 4. The van der Waals surface area contributed by atoms with E-state index < -0.39 is 17.9 Å². The molecule has 0 unspecified atom stereocenters. The van der Waals surface area contributed by atoms with E-state index in [1.807, 2.05) is 6.07 Å². The third-order valence-corrected chi connectivity index (χ3v) is 8.54. The molecule has 2 amide bonds. The van der Waals surface area contributed by atoms with Crippen molar-refractivity contribution in [3.05, 3.63) is 29.8 Å². The highest BCUT2D eigenvalue weighted by molar-refractivity contribution is 5.81. The topological polar surface area (TPSA) is 88.4 Å². The van der Waals surface area contributed by atoms with Crippen LogP contribution < -0.4 is 10.6 Å². The van der Waals surface area contributed by atoms with Crippen LogP contribution in [0.5, 0.6) is 0 Å². The van der Waals surface area contributed by atoms with Gasteiger partial charge in [-0.3, -0.25) is 14.0 Å². The summed E-state index contributed by atoms with van der Waals surface area (Å²) in [6.45, 7) is 0. The van der Waals surface area contributed by atoms with Gasteiger partial charge in [0.1, 0.15) is 0 Å². The quantitative estimate of drug-likeness (QED) is 0.436.